The van der Waals surface area contributed by atoms with E-state index in [0.29, 0.717) is 13.0 Å². The zero-order valence-electron chi connectivity index (χ0n) is 12.8. The molecule has 4 nitrogen and oxygen atoms in total. The minimum absolute atomic E-state index is 0.184. The third-order valence-corrected chi connectivity index (χ3v) is 2.99. The number of nitrogens with one attached hydrogen (secondary N) is 1. The number of methoxy groups -OCH3 is 1. The van der Waals surface area contributed by atoms with Crippen molar-refractivity contribution in [2.24, 2.45) is 0 Å². The third-order valence-electron chi connectivity index (χ3n) is 2.99. The maximum Gasteiger partial charge on any atom is 0.161 e. The molecule has 0 aliphatic carbocycles. The van der Waals surface area contributed by atoms with E-state index < -0.39 is 0 Å². The van der Waals surface area contributed by atoms with Crippen LogP contribution in [0.3, 0.4) is 0 Å². The molecule has 0 aromatic heterocycles. The Bertz CT molecular complexity index is 452. The van der Waals surface area contributed by atoms with Gasteiger partial charge in [-0.25, -0.2) is 0 Å². The molecule has 20 heavy (non-hydrogen) atoms. The van der Waals surface area contributed by atoms with Crippen LogP contribution in [-0.4, -0.2) is 25.8 Å². The molecule has 0 aliphatic rings. The maximum atomic E-state index is 9.05. The van der Waals surface area contributed by atoms with Gasteiger partial charge < -0.3 is 9.47 Å². The van der Waals surface area contributed by atoms with Crippen LogP contribution < -0.4 is 14.8 Å². The predicted molar refractivity (Wildman–Crippen MR) is 80.2 cm³/mol. The second-order valence-electron chi connectivity index (χ2n) is 4.98. The van der Waals surface area contributed by atoms with Gasteiger partial charge in [-0.2, -0.15) is 5.26 Å². The summed E-state index contributed by atoms with van der Waals surface area (Å²) in [5.74, 6) is 1.47. The van der Waals surface area contributed by atoms with Crippen LogP contribution in [0.2, 0.25) is 0 Å². The van der Waals surface area contributed by atoms with Crippen molar-refractivity contribution >= 4 is 0 Å². The van der Waals surface area contributed by atoms with Crippen molar-refractivity contribution in [3.05, 3.63) is 23.8 Å². The van der Waals surface area contributed by atoms with Gasteiger partial charge in [-0.05, 0) is 38.0 Å². The molecular formula is C16H24N2O2. The Morgan fingerprint density at radius 2 is 2.05 bits per heavy atom. The molecule has 4 heteroatoms. The highest BCUT2D eigenvalue weighted by Crippen LogP contribution is 2.28. The second kappa shape index (κ2) is 8.44. The molecule has 0 fully saturated rings. The molecule has 0 bridgehead atoms. The van der Waals surface area contributed by atoms with Gasteiger partial charge in [-0.15, -0.1) is 0 Å². The molecule has 0 aliphatic heterocycles. The number of aryl methyl sites for hydroxylation is 1. The van der Waals surface area contributed by atoms with E-state index in [-0.39, 0.29) is 12.1 Å². The zero-order valence-corrected chi connectivity index (χ0v) is 12.8. The van der Waals surface area contributed by atoms with E-state index in [1.807, 2.05) is 32.0 Å². The molecule has 1 unspecified atom stereocenters. The van der Waals surface area contributed by atoms with Gasteiger partial charge in [0.2, 0.25) is 0 Å². The summed E-state index contributed by atoms with van der Waals surface area (Å²) in [7, 11) is 1.64. The lowest BCUT2D eigenvalue weighted by atomic mass is 10.1. The van der Waals surface area contributed by atoms with Crippen LogP contribution >= 0.6 is 0 Å². The van der Waals surface area contributed by atoms with Gasteiger partial charge in [0.25, 0.3) is 0 Å². The molecule has 0 radical (unpaired) electrons. The quantitative estimate of drug-likeness (QED) is 0.793. The Kier molecular flexibility index (Phi) is 6.89. The molecule has 0 saturated heterocycles. The summed E-state index contributed by atoms with van der Waals surface area (Å²) in [6.45, 7) is 6.64. The number of ether oxygens (including phenoxy) is 2. The highest BCUT2D eigenvalue weighted by molar-refractivity contribution is 5.42. The number of hydrogen-bond acceptors (Lipinski definition) is 4. The molecule has 0 spiro atoms. The monoisotopic (exact) mass is 276 g/mol. The van der Waals surface area contributed by atoms with E-state index in [2.05, 4.69) is 18.3 Å². The number of nitrogens with zero attached hydrogens (tertiary/aromatic N) is 1. The summed E-state index contributed by atoms with van der Waals surface area (Å²) < 4.78 is 11.1. The number of hydrogen-bond donors (Lipinski definition) is 1. The molecule has 1 aromatic rings. The Hall–Kier alpha value is -1.73. The SMILES string of the molecule is CCc1ccc(OCCC(C#N)NC(C)C)c(OC)c1. The van der Waals surface area contributed by atoms with Crippen molar-refractivity contribution in [1.82, 2.24) is 5.32 Å². The molecule has 1 rings (SSSR count). The van der Waals surface area contributed by atoms with Crippen molar-refractivity contribution in [3.63, 3.8) is 0 Å². The fourth-order valence-corrected chi connectivity index (χ4v) is 1.93. The maximum absolute atomic E-state index is 9.05. The molecule has 0 saturated carbocycles. The van der Waals surface area contributed by atoms with Gasteiger partial charge in [-0.3, -0.25) is 5.32 Å². The highest BCUT2D eigenvalue weighted by atomic mass is 16.5. The molecule has 1 N–H and O–H groups in total. The fraction of sp³-hybridized carbons (Fsp3) is 0.562. The van der Waals surface area contributed by atoms with E-state index >= 15 is 0 Å². The lowest BCUT2D eigenvalue weighted by Crippen LogP contribution is -2.34. The minimum Gasteiger partial charge on any atom is -0.493 e. The van der Waals surface area contributed by atoms with Crippen molar-refractivity contribution in [2.75, 3.05) is 13.7 Å². The van der Waals surface area contributed by atoms with Crippen molar-refractivity contribution in [3.8, 4) is 17.6 Å². The number of nitriles is 1. The molecule has 1 aromatic carbocycles. The summed E-state index contributed by atoms with van der Waals surface area (Å²) in [6.07, 6.45) is 1.61. The highest BCUT2D eigenvalue weighted by Gasteiger charge is 2.10. The molecule has 0 heterocycles. The summed E-state index contributed by atoms with van der Waals surface area (Å²) in [6, 6.07) is 8.30. The third kappa shape index (κ3) is 5.10. The van der Waals surface area contributed by atoms with Gasteiger partial charge in [0.05, 0.1) is 25.8 Å². The Labute approximate surface area is 121 Å². The van der Waals surface area contributed by atoms with Crippen LogP contribution in [0.25, 0.3) is 0 Å². The van der Waals surface area contributed by atoms with E-state index in [0.717, 1.165) is 17.9 Å². The topological polar surface area (TPSA) is 54.3 Å². The molecule has 1 atom stereocenters. The summed E-state index contributed by atoms with van der Waals surface area (Å²) in [5.41, 5.74) is 1.21. The lowest BCUT2D eigenvalue weighted by molar-refractivity contribution is 0.277. The summed E-state index contributed by atoms with van der Waals surface area (Å²) in [5, 5.41) is 12.2. The fourth-order valence-electron chi connectivity index (χ4n) is 1.93. The number of benzene rings is 1. The first-order valence-electron chi connectivity index (χ1n) is 7.06. The molecule has 0 amide bonds. The smallest absolute Gasteiger partial charge is 0.161 e. The van der Waals surface area contributed by atoms with E-state index in [9.17, 15) is 0 Å². The Morgan fingerprint density at radius 1 is 1.30 bits per heavy atom. The Morgan fingerprint density at radius 3 is 2.60 bits per heavy atom. The van der Waals surface area contributed by atoms with Gasteiger partial charge in [0.15, 0.2) is 11.5 Å². The zero-order chi connectivity index (χ0) is 15.0. The van der Waals surface area contributed by atoms with E-state index in [4.69, 9.17) is 14.7 Å². The molecule has 110 valence electrons. The van der Waals surface area contributed by atoms with Gasteiger partial charge in [0.1, 0.15) is 0 Å². The van der Waals surface area contributed by atoms with Crippen LogP contribution in [0.5, 0.6) is 11.5 Å². The van der Waals surface area contributed by atoms with Crippen molar-refractivity contribution in [1.29, 1.82) is 5.26 Å². The first-order chi connectivity index (χ1) is 9.60. The number of rotatable bonds is 8. The predicted octanol–water partition coefficient (Wildman–Crippen LogP) is 2.92. The van der Waals surface area contributed by atoms with Gasteiger partial charge >= 0.3 is 0 Å². The molecular weight excluding hydrogens is 252 g/mol. The summed E-state index contributed by atoms with van der Waals surface area (Å²) >= 11 is 0. The first kappa shape index (κ1) is 16.3. The Balaban J connectivity index is 2.55. The van der Waals surface area contributed by atoms with E-state index in [1.165, 1.54) is 5.56 Å². The average molecular weight is 276 g/mol. The lowest BCUT2D eigenvalue weighted by Gasteiger charge is -2.16. The average Bonchev–Trinajstić information content (AvgIpc) is 2.45. The van der Waals surface area contributed by atoms with Gasteiger partial charge in [0, 0.05) is 12.5 Å². The second-order valence-corrected chi connectivity index (χ2v) is 4.98. The minimum atomic E-state index is -0.184. The first-order valence-corrected chi connectivity index (χ1v) is 7.06. The van der Waals surface area contributed by atoms with Gasteiger partial charge in [-0.1, -0.05) is 13.0 Å². The van der Waals surface area contributed by atoms with Crippen LogP contribution in [0.4, 0.5) is 0 Å². The van der Waals surface area contributed by atoms with Crippen LogP contribution in [-0.2, 0) is 6.42 Å². The van der Waals surface area contributed by atoms with Crippen LogP contribution in [0.15, 0.2) is 18.2 Å². The normalized spacial score (nSPS) is 12.0. The van der Waals surface area contributed by atoms with Crippen LogP contribution in [0.1, 0.15) is 32.8 Å². The van der Waals surface area contributed by atoms with Crippen molar-refractivity contribution < 1.29 is 9.47 Å². The standard InChI is InChI=1S/C16H24N2O2/c1-5-13-6-7-15(16(10-13)19-4)20-9-8-14(11-17)18-12(2)3/h6-7,10,12,14,18H,5,8-9H2,1-4H3. The van der Waals surface area contributed by atoms with E-state index in [1.54, 1.807) is 7.11 Å². The largest absolute Gasteiger partial charge is 0.493 e. The van der Waals surface area contributed by atoms with Crippen LogP contribution in [0, 0.1) is 11.3 Å². The van der Waals surface area contributed by atoms with Crippen molar-refractivity contribution in [2.45, 2.75) is 45.7 Å². The summed E-state index contributed by atoms with van der Waals surface area (Å²) in [4.78, 5) is 0.